The maximum atomic E-state index is 14.8. The number of carbonyl (C=O) groups is 1. The number of likely N-dealkylation sites (tertiary alicyclic amines) is 1. The van der Waals surface area contributed by atoms with Gasteiger partial charge in [-0.1, -0.05) is 6.07 Å². The van der Waals surface area contributed by atoms with Crippen LogP contribution in [0.15, 0.2) is 36.8 Å². The predicted molar refractivity (Wildman–Crippen MR) is 111 cm³/mol. The summed E-state index contributed by atoms with van der Waals surface area (Å²) in [6, 6.07) is 7.07. The van der Waals surface area contributed by atoms with Crippen LogP contribution in [0.3, 0.4) is 0 Å². The highest BCUT2D eigenvalue weighted by Crippen LogP contribution is 2.35. The SMILES string of the molecule is Cc1cnc(Nc2cnn(C3CC3)c2)nc1-c1ccc(C(=O)N2CC(C#N)C2)c(F)c1. The Bertz CT molecular complexity index is 1200. The molecule has 5 rings (SSSR count). The zero-order chi connectivity index (χ0) is 21.5. The molecule has 8 nitrogen and oxygen atoms in total. The molecule has 1 saturated heterocycles. The molecule has 0 atom stereocenters. The molecule has 2 fully saturated rings. The first-order valence-electron chi connectivity index (χ1n) is 10.2. The standard InChI is InChI=1S/C22H20FN7O/c1-13-8-25-22(27-16-9-26-30(12-16)17-3-4-17)28-20(13)15-2-5-18(19(23)6-15)21(31)29-10-14(7-24)11-29/h2,5-6,8-9,12,14,17H,3-4,10-11H2,1H3,(H,25,27,28). The highest BCUT2D eigenvalue weighted by molar-refractivity contribution is 5.95. The van der Waals surface area contributed by atoms with E-state index in [2.05, 4.69) is 26.5 Å². The van der Waals surface area contributed by atoms with Gasteiger partial charge in [-0.15, -0.1) is 0 Å². The maximum absolute atomic E-state index is 14.8. The molecule has 0 spiro atoms. The van der Waals surface area contributed by atoms with Gasteiger partial charge in [0.15, 0.2) is 0 Å². The highest BCUT2D eigenvalue weighted by atomic mass is 19.1. The average Bonchev–Trinajstić information content (AvgIpc) is 3.47. The van der Waals surface area contributed by atoms with Crippen molar-refractivity contribution in [1.29, 1.82) is 5.26 Å². The van der Waals surface area contributed by atoms with Crippen LogP contribution in [0.4, 0.5) is 16.0 Å². The van der Waals surface area contributed by atoms with E-state index in [1.807, 2.05) is 17.8 Å². The second kappa shape index (κ2) is 7.47. The summed E-state index contributed by atoms with van der Waals surface area (Å²) in [4.78, 5) is 22.8. The Morgan fingerprint density at radius 3 is 2.81 bits per heavy atom. The molecule has 1 N–H and O–H groups in total. The number of rotatable bonds is 5. The molecule has 0 unspecified atom stereocenters. The number of benzene rings is 1. The summed E-state index contributed by atoms with van der Waals surface area (Å²) in [5.74, 6) is -0.789. The van der Waals surface area contributed by atoms with Gasteiger partial charge < -0.3 is 10.2 Å². The van der Waals surface area contributed by atoms with Crippen molar-refractivity contribution < 1.29 is 9.18 Å². The Balaban J connectivity index is 1.36. The van der Waals surface area contributed by atoms with E-state index < -0.39 is 11.7 Å². The minimum absolute atomic E-state index is 0.00214. The van der Waals surface area contributed by atoms with Gasteiger partial charge in [-0.25, -0.2) is 14.4 Å². The molecular weight excluding hydrogens is 397 g/mol. The van der Waals surface area contributed by atoms with E-state index >= 15 is 0 Å². The number of carbonyl (C=O) groups excluding carboxylic acids is 1. The third-order valence-electron chi connectivity index (χ3n) is 5.57. The molecule has 2 aromatic heterocycles. The summed E-state index contributed by atoms with van der Waals surface area (Å²) in [5.41, 5.74) is 2.72. The van der Waals surface area contributed by atoms with Gasteiger partial charge in [0, 0.05) is 31.0 Å². The van der Waals surface area contributed by atoms with E-state index in [-0.39, 0.29) is 11.5 Å². The summed E-state index contributed by atoms with van der Waals surface area (Å²) in [7, 11) is 0. The quantitative estimate of drug-likeness (QED) is 0.682. The molecule has 1 saturated carbocycles. The lowest BCUT2D eigenvalue weighted by atomic mass is 9.99. The molecule has 0 bridgehead atoms. The Hall–Kier alpha value is -3.80. The summed E-state index contributed by atoms with van der Waals surface area (Å²) in [6.07, 6.45) is 7.62. The Labute approximate surface area is 178 Å². The second-order valence-electron chi connectivity index (χ2n) is 8.02. The second-order valence-corrected chi connectivity index (χ2v) is 8.02. The highest BCUT2D eigenvalue weighted by Gasteiger charge is 2.32. The fourth-order valence-electron chi connectivity index (χ4n) is 3.60. The number of aromatic nitrogens is 4. The molecule has 3 aromatic rings. The molecule has 0 radical (unpaired) electrons. The number of aryl methyl sites for hydroxylation is 1. The van der Waals surface area contributed by atoms with Crippen LogP contribution in [0.5, 0.6) is 0 Å². The number of halogens is 1. The smallest absolute Gasteiger partial charge is 0.256 e. The lowest BCUT2D eigenvalue weighted by Crippen LogP contribution is -2.49. The lowest BCUT2D eigenvalue weighted by molar-refractivity contribution is 0.0572. The van der Waals surface area contributed by atoms with Crippen molar-refractivity contribution in [2.24, 2.45) is 5.92 Å². The van der Waals surface area contributed by atoms with Gasteiger partial charge in [-0.3, -0.25) is 9.48 Å². The molecule has 31 heavy (non-hydrogen) atoms. The van der Waals surface area contributed by atoms with Gasteiger partial charge in [0.1, 0.15) is 5.82 Å². The molecule has 1 amide bonds. The molecule has 2 aliphatic rings. The van der Waals surface area contributed by atoms with Gasteiger partial charge in [0.25, 0.3) is 5.91 Å². The zero-order valence-corrected chi connectivity index (χ0v) is 16.9. The fourth-order valence-corrected chi connectivity index (χ4v) is 3.60. The van der Waals surface area contributed by atoms with E-state index in [1.165, 1.54) is 17.0 Å². The van der Waals surface area contributed by atoms with Crippen LogP contribution in [-0.4, -0.2) is 43.6 Å². The van der Waals surface area contributed by atoms with Crippen LogP contribution in [0.2, 0.25) is 0 Å². The number of hydrogen-bond donors (Lipinski definition) is 1. The minimum Gasteiger partial charge on any atom is -0.336 e. The van der Waals surface area contributed by atoms with Gasteiger partial charge in [0.05, 0.1) is 41.2 Å². The molecule has 1 aromatic carbocycles. The molecule has 1 aliphatic heterocycles. The summed E-state index contributed by atoms with van der Waals surface area (Å²) >= 11 is 0. The number of nitriles is 1. The van der Waals surface area contributed by atoms with Gasteiger partial charge >= 0.3 is 0 Å². The third-order valence-corrected chi connectivity index (χ3v) is 5.57. The first-order chi connectivity index (χ1) is 15.0. The minimum atomic E-state index is -0.610. The molecule has 3 heterocycles. The summed E-state index contributed by atoms with van der Waals surface area (Å²) in [6.45, 7) is 2.53. The largest absolute Gasteiger partial charge is 0.336 e. The molecule has 9 heteroatoms. The summed E-state index contributed by atoms with van der Waals surface area (Å²) in [5, 5.41) is 16.3. The van der Waals surface area contributed by atoms with E-state index in [9.17, 15) is 9.18 Å². The number of nitrogens with zero attached hydrogens (tertiary/aromatic N) is 6. The van der Waals surface area contributed by atoms with Crippen molar-refractivity contribution in [2.45, 2.75) is 25.8 Å². The molecule has 156 valence electrons. The predicted octanol–water partition coefficient (Wildman–Crippen LogP) is 3.46. The van der Waals surface area contributed by atoms with Crippen molar-refractivity contribution in [1.82, 2.24) is 24.6 Å². The molecular formula is C22H20FN7O. The van der Waals surface area contributed by atoms with Crippen LogP contribution in [0.25, 0.3) is 11.3 Å². The van der Waals surface area contributed by atoms with Gasteiger partial charge in [-0.05, 0) is 37.5 Å². The monoisotopic (exact) mass is 417 g/mol. The average molecular weight is 417 g/mol. The number of amides is 1. The van der Waals surface area contributed by atoms with E-state index in [0.717, 1.165) is 24.1 Å². The zero-order valence-electron chi connectivity index (χ0n) is 16.9. The topological polar surface area (TPSA) is 99.7 Å². The van der Waals surface area contributed by atoms with Crippen LogP contribution >= 0.6 is 0 Å². The van der Waals surface area contributed by atoms with E-state index in [4.69, 9.17) is 5.26 Å². The van der Waals surface area contributed by atoms with Crippen molar-refractivity contribution in [3.8, 4) is 17.3 Å². The van der Waals surface area contributed by atoms with Crippen LogP contribution in [0.1, 0.15) is 34.8 Å². The van der Waals surface area contributed by atoms with Crippen molar-refractivity contribution in [3.63, 3.8) is 0 Å². The Morgan fingerprint density at radius 1 is 1.29 bits per heavy atom. The molecule has 1 aliphatic carbocycles. The Morgan fingerprint density at radius 2 is 2.10 bits per heavy atom. The van der Waals surface area contributed by atoms with Crippen LogP contribution in [0, 0.1) is 30.0 Å². The lowest BCUT2D eigenvalue weighted by Gasteiger charge is -2.35. The maximum Gasteiger partial charge on any atom is 0.256 e. The number of anilines is 2. The number of hydrogen-bond acceptors (Lipinski definition) is 6. The van der Waals surface area contributed by atoms with Gasteiger partial charge in [-0.2, -0.15) is 10.4 Å². The third kappa shape index (κ3) is 3.72. The van der Waals surface area contributed by atoms with Crippen molar-refractivity contribution in [2.75, 3.05) is 18.4 Å². The number of nitrogens with one attached hydrogen (secondary N) is 1. The van der Waals surface area contributed by atoms with Crippen LogP contribution in [-0.2, 0) is 0 Å². The first-order valence-corrected chi connectivity index (χ1v) is 10.2. The van der Waals surface area contributed by atoms with Gasteiger partial charge in [0.2, 0.25) is 5.95 Å². The van der Waals surface area contributed by atoms with Crippen molar-refractivity contribution in [3.05, 3.63) is 53.7 Å². The van der Waals surface area contributed by atoms with Crippen LogP contribution < -0.4 is 5.32 Å². The Kier molecular flexibility index (Phi) is 4.62. The normalized spacial score (nSPS) is 16.0. The fraction of sp³-hybridized carbons (Fsp3) is 0.318. The first kappa shape index (κ1) is 19.2. The summed E-state index contributed by atoms with van der Waals surface area (Å²) < 4.78 is 16.7. The van der Waals surface area contributed by atoms with Crippen molar-refractivity contribution >= 4 is 17.5 Å². The van der Waals surface area contributed by atoms with E-state index in [0.29, 0.717) is 36.3 Å². The van der Waals surface area contributed by atoms with E-state index in [1.54, 1.807) is 18.5 Å².